The van der Waals surface area contributed by atoms with E-state index in [4.69, 9.17) is 16.3 Å². The molecule has 5 heteroatoms. The fourth-order valence-electron chi connectivity index (χ4n) is 0.721. The zero-order valence-electron chi connectivity index (χ0n) is 7.70. The molecule has 0 radical (unpaired) electrons. The maximum atomic E-state index is 5.51. The second-order valence-corrected chi connectivity index (χ2v) is 3.18. The first-order valence-electron chi connectivity index (χ1n) is 3.93. The average molecular weight is 202 g/mol. The van der Waals surface area contributed by atoms with Crippen molar-refractivity contribution in [1.82, 2.24) is 14.9 Å². The number of likely N-dealkylation sites (N-methyl/N-ethyl adjacent to an activating group) is 1. The highest BCUT2D eigenvalue weighted by atomic mass is 35.5. The third-order valence-electron chi connectivity index (χ3n) is 1.40. The highest BCUT2D eigenvalue weighted by Gasteiger charge is 1.96. The molecule has 0 N–H and O–H groups in total. The lowest BCUT2D eigenvalue weighted by molar-refractivity contribution is 0.260. The van der Waals surface area contributed by atoms with Crippen LogP contribution in [0.3, 0.4) is 0 Å². The molecule has 1 rings (SSSR count). The van der Waals surface area contributed by atoms with E-state index < -0.39 is 0 Å². The van der Waals surface area contributed by atoms with E-state index in [0.29, 0.717) is 12.4 Å². The molecule has 1 aromatic heterocycles. The number of nitrogens with zero attached hydrogens (tertiary/aromatic N) is 3. The van der Waals surface area contributed by atoms with Gasteiger partial charge in [0.1, 0.15) is 6.61 Å². The fourth-order valence-corrected chi connectivity index (χ4v) is 0.819. The van der Waals surface area contributed by atoms with Gasteiger partial charge < -0.3 is 9.64 Å². The average Bonchev–Trinajstić information content (AvgIpc) is 2.08. The highest BCUT2D eigenvalue weighted by molar-refractivity contribution is 6.28. The van der Waals surface area contributed by atoms with Crippen molar-refractivity contribution in [2.45, 2.75) is 0 Å². The van der Waals surface area contributed by atoms with Crippen LogP contribution >= 0.6 is 11.6 Å². The molecule has 0 atom stereocenters. The minimum atomic E-state index is 0.236. The van der Waals surface area contributed by atoms with Gasteiger partial charge >= 0.3 is 0 Å². The maximum Gasteiger partial charge on any atom is 0.222 e. The van der Waals surface area contributed by atoms with E-state index in [1.807, 2.05) is 19.0 Å². The topological polar surface area (TPSA) is 38.2 Å². The summed E-state index contributed by atoms with van der Waals surface area (Å²) < 4.78 is 5.35. The van der Waals surface area contributed by atoms with Crippen LogP contribution < -0.4 is 4.74 Å². The third kappa shape index (κ3) is 4.05. The van der Waals surface area contributed by atoms with Gasteiger partial charge in [-0.3, -0.25) is 0 Å². The smallest absolute Gasteiger partial charge is 0.222 e. The van der Waals surface area contributed by atoms with Crippen LogP contribution in [0.5, 0.6) is 5.75 Å². The Kier molecular flexibility index (Phi) is 3.92. The Bertz CT molecular complexity index is 250. The lowest BCUT2D eigenvalue weighted by atomic mass is 10.6. The monoisotopic (exact) mass is 201 g/mol. The number of rotatable bonds is 4. The van der Waals surface area contributed by atoms with Gasteiger partial charge in [-0.1, -0.05) is 0 Å². The predicted molar refractivity (Wildman–Crippen MR) is 51.1 cm³/mol. The number of aromatic nitrogens is 2. The van der Waals surface area contributed by atoms with Crippen LogP contribution in [0.25, 0.3) is 0 Å². The highest BCUT2D eigenvalue weighted by Crippen LogP contribution is 2.07. The summed E-state index contributed by atoms with van der Waals surface area (Å²) in [7, 11) is 3.98. The van der Waals surface area contributed by atoms with Crippen LogP contribution in [-0.4, -0.2) is 42.1 Å². The van der Waals surface area contributed by atoms with Crippen molar-refractivity contribution in [1.29, 1.82) is 0 Å². The molecule has 0 unspecified atom stereocenters. The van der Waals surface area contributed by atoms with Crippen molar-refractivity contribution in [3.63, 3.8) is 0 Å². The summed E-state index contributed by atoms with van der Waals surface area (Å²) in [5, 5.41) is 0.236. The van der Waals surface area contributed by atoms with Gasteiger partial charge in [0.25, 0.3) is 0 Å². The standard InChI is InChI=1S/C8H12ClN3O/c1-12(2)3-4-13-7-5-10-8(9)11-6-7/h5-6H,3-4H2,1-2H3. The van der Waals surface area contributed by atoms with Crippen LogP contribution in [0.4, 0.5) is 0 Å². The van der Waals surface area contributed by atoms with E-state index in [9.17, 15) is 0 Å². The van der Waals surface area contributed by atoms with Crippen molar-refractivity contribution >= 4 is 11.6 Å². The van der Waals surface area contributed by atoms with Gasteiger partial charge in [-0.25, -0.2) is 9.97 Å². The Hall–Kier alpha value is -0.870. The Morgan fingerprint density at radius 1 is 1.38 bits per heavy atom. The van der Waals surface area contributed by atoms with Gasteiger partial charge in [-0.2, -0.15) is 0 Å². The molecule has 0 spiro atoms. The molecule has 0 aliphatic rings. The molecular weight excluding hydrogens is 190 g/mol. The van der Waals surface area contributed by atoms with Crippen molar-refractivity contribution < 1.29 is 4.74 Å². The van der Waals surface area contributed by atoms with E-state index in [-0.39, 0.29) is 5.28 Å². The van der Waals surface area contributed by atoms with Crippen LogP contribution in [0.15, 0.2) is 12.4 Å². The van der Waals surface area contributed by atoms with E-state index in [1.165, 1.54) is 0 Å². The van der Waals surface area contributed by atoms with Gasteiger partial charge in [0.05, 0.1) is 12.4 Å². The van der Waals surface area contributed by atoms with E-state index in [1.54, 1.807) is 12.4 Å². The number of hydrogen-bond acceptors (Lipinski definition) is 4. The van der Waals surface area contributed by atoms with Crippen molar-refractivity contribution in [2.75, 3.05) is 27.2 Å². The molecule has 0 aromatic carbocycles. The first-order valence-corrected chi connectivity index (χ1v) is 4.31. The van der Waals surface area contributed by atoms with Gasteiger partial charge in [-0.05, 0) is 25.7 Å². The molecule has 0 amide bonds. The molecule has 13 heavy (non-hydrogen) atoms. The van der Waals surface area contributed by atoms with E-state index in [2.05, 4.69) is 9.97 Å². The van der Waals surface area contributed by atoms with E-state index in [0.717, 1.165) is 6.54 Å². The van der Waals surface area contributed by atoms with Gasteiger partial charge in [-0.15, -0.1) is 0 Å². The SMILES string of the molecule is CN(C)CCOc1cnc(Cl)nc1. The van der Waals surface area contributed by atoms with Crippen LogP contribution in [0.1, 0.15) is 0 Å². The van der Waals surface area contributed by atoms with Crippen LogP contribution in [-0.2, 0) is 0 Å². The molecule has 0 aliphatic heterocycles. The van der Waals surface area contributed by atoms with Gasteiger partial charge in [0.2, 0.25) is 5.28 Å². The Morgan fingerprint density at radius 3 is 2.54 bits per heavy atom. The minimum absolute atomic E-state index is 0.236. The zero-order chi connectivity index (χ0) is 9.68. The molecule has 0 bridgehead atoms. The van der Waals surface area contributed by atoms with Crippen molar-refractivity contribution in [3.05, 3.63) is 17.7 Å². The Morgan fingerprint density at radius 2 is 2.00 bits per heavy atom. The predicted octanol–water partition coefficient (Wildman–Crippen LogP) is 1.07. The van der Waals surface area contributed by atoms with Crippen molar-refractivity contribution in [2.24, 2.45) is 0 Å². The second-order valence-electron chi connectivity index (χ2n) is 2.84. The number of halogens is 1. The minimum Gasteiger partial charge on any atom is -0.489 e. The lowest BCUT2D eigenvalue weighted by Crippen LogP contribution is -2.19. The number of hydrogen-bond donors (Lipinski definition) is 0. The summed E-state index contributed by atoms with van der Waals surface area (Å²) in [6, 6.07) is 0. The second kappa shape index (κ2) is 4.99. The summed E-state index contributed by atoms with van der Waals surface area (Å²) in [6.07, 6.45) is 3.12. The van der Waals surface area contributed by atoms with Crippen LogP contribution in [0, 0.1) is 0 Å². The molecule has 0 saturated heterocycles. The molecule has 0 fully saturated rings. The summed E-state index contributed by atoms with van der Waals surface area (Å²) in [4.78, 5) is 9.62. The molecule has 72 valence electrons. The first kappa shape index (κ1) is 10.2. The normalized spacial score (nSPS) is 10.5. The molecule has 0 saturated carbocycles. The third-order valence-corrected chi connectivity index (χ3v) is 1.60. The molecular formula is C8H12ClN3O. The lowest BCUT2D eigenvalue weighted by Gasteiger charge is -2.09. The summed E-state index contributed by atoms with van der Waals surface area (Å²) in [5.41, 5.74) is 0. The Balaban J connectivity index is 2.33. The molecule has 1 heterocycles. The first-order chi connectivity index (χ1) is 6.18. The molecule has 1 aromatic rings. The Labute approximate surface area is 82.5 Å². The van der Waals surface area contributed by atoms with Gasteiger partial charge in [0.15, 0.2) is 5.75 Å². The molecule has 4 nitrogen and oxygen atoms in total. The number of ether oxygens (including phenoxy) is 1. The summed E-state index contributed by atoms with van der Waals surface area (Å²) in [6.45, 7) is 1.49. The van der Waals surface area contributed by atoms with E-state index >= 15 is 0 Å². The zero-order valence-corrected chi connectivity index (χ0v) is 8.45. The summed E-state index contributed by atoms with van der Waals surface area (Å²) >= 11 is 5.51. The van der Waals surface area contributed by atoms with Crippen LogP contribution in [0.2, 0.25) is 5.28 Å². The largest absolute Gasteiger partial charge is 0.489 e. The molecule has 0 aliphatic carbocycles. The summed E-state index contributed by atoms with van der Waals surface area (Å²) in [5.74, 6) is 0.645. The maximum absolute atomic E-state index is 5.51. The van der Waals surface area contributed by atoms with Crippen molar-refractivity contribution in [3.8, 4) is 5.75 Å². The quantitative estimate of drug-likeness (QED) is 0.684. The fraction of sp³-hybridized carbons (Fsp3) is 0.500. The van der Waals surface area contributed by atoms with Gasteiger partial charge in [0, 0.05) is 6.54 Å².